The molecule has 0 amide bonds. The van der Waals surface area contributed by atoms with Gasteiger partial charge in [0.05, 0.1) is 10.6 Å². The van der Waals surface area contributed by atoms with Gasteiger partial charge < -0.3 is 10.4 Å². The van der Waals surface area contributed by atoms with Crippen LogP contribution in [0.15, 0.2) is 36.4 Å². The summed E-state index contributed by atoms with van der Waals surface area (Å²) in [5, 5.41) is 22.8. The van der Waals surface area contributed by atoms with Crippen LogP contribution in [0.1, 0.15) is 18.5 Å². The second kappa shape index (κ2) is 5.74. The SMILES string of the molecule is CC(Nc1cc([N+](=O)[O-])c(F)cc1F)c1cccc(O)c1. The molecule has 0 bridgehead atoms. The standard InChI is InChI=1S/C14H12F2N2O3/c1-8(9-3-2-4-10(19)5-9)17-13-7-14(18(20)21)12(16)6-11(13)15/h2-8,17,19H,1H3. The van der Waals surface area contributed by atoms with Crippen LogP contribution in [-0.4, -0.2) is 10.0 Å². The number of anilines is 1. The number of hydrogen-bond acceptors (Lipinski definition) is 4. The molecular weight excluding hydrogens is 282 g/mol. The maximum Gasteiger partial charge on any atom is 0.307 e. The third kappa shape index (κ3) is 3.25. The van der Waals surface area contributed by atoms with Gasteiger partial charge in [0.1, 0.15) is 11.6 Å². The van der Waals surface area contributed by atoms with E-state index in [1.165, 1.54) is 12.1 Å². The molecule has 0 radical (unpaired) electrons. The Bertz CT molecular complexity index is 692. The van der Waals surface area contributed by atoms with Crippen molar-refractivity contribution in [3.8, 4) is 5.75 Å². The third-order valence-electron chi connectivity index (χ3n) is 2.98. The predicted molar refractivity (Wildman–Crippen MR) is 73.2 cm³/mol. The first kappa shape index (κ1) is 14.7. The van der Waals surface area contributed by atoms with Crippen molar-refractivity contribution in [2.24, 2.45) is 0 Å². The Morgan fingerprint density at radius 1 is 1.24 bits per heavy atom. The molecular formula is C14H12F2N2O3. The molecule has 110 valence electrons. The Morgan fingerprint density at radius 2 is 1.95 bits per heavy atom. The van der Waals surface area contributed by atoms with Crippen molar-refractivity contribution in [2.45, 2.75) is 13.0 Å². The topological polar surface area (TPSA) is 75.4 Å². The van der Waals surface area contributed by atoms with Gasteiger partial charge in [-0.25, -0.2) is 4.39 Å². The Labute approximate surface area is 119 Å². The maximum absolute atomic E-state index is 13.7. The summed E-state index contributed by atoms with van der Waals surface area (Å²) in [6, 6.07) is 7.13. The largest absolute Gasteiger partial charge is 0.508 e. The second-order valence-electron chi connectivity index (χ2n) is 4.50. The molecule has 0 aromatic heterocycles. The van der Waals surface area contributed by atoms with Crippen molar-refractivity contribution in [1.29, 1.82) is 0 Å². The Hall–Kier alpha value is -2.70. The van der Waals surface area contributed by atoms with Crippen molar-refractivity contribution in [1.82, 2.24) is 0 Å². The van der Waals surface area contributed by atoms with Gasteiger partial charge in [-0.2, -0.15) is 4.39 Å². The molecule has 0 aliphatic carbocycles. The molecule has 0 spiro atoms. The van der Waals surface area contributed by atoms with Crippen molar-refractivity contribution < 1.29 is 18.8 Å². The minimum atomic E-state index is -1.23. The molecule has 2 rings (SSSR count). The maximum atomic E-state index is 13.7. The van der Waals surface area contributed by atoms with E-state index >= 15 is 0 Å². The summed E-state index contributed by atoms with van der Waals surface area (Å²) >= 11 is 0. The van der Waals surface area contributed by atoms with Crippen molar-refractivity contribution >= 4 is 11.4 Å². The Balaban J connectivity index is 2.31. The van der Waals surface area contributed by atoms with Gasteiger partial charge in [-0.05, 0) is 24.6 Å². The lowest BCUT2D eigenvalue weighted by molar-refractivity contribution is -0.387. The molecule has 0 saturated heterocycles. The van der Waals surface area contributed by atoms with E-state index in [1.54, 1.807) is 19.1 Å². The molecule has 0 fully saturated rings. The van der Waals surface area contributed by atoms with Crippen LogP contribution >= 0.6 is 0 Å². The number of nitrogens with zero attached hydrogens (tertiary/aromatic N) is 1. The smallest absolute Gasteiger partial charge is 0.307 e. The van der Waals surface area contributed by atoms with Crippen LogP contribution in [0.25, 0.3) is 0 Å². The average molecular weight is 294 g/mol. The molecule has 1 unspecified atom stereocenters. The lowest BCUT2D eigenvalue weighted by Gasteiger charge is -2.16. The molecule has 0 aliphatic rings. The molecule has 2 aromatic rings. The van der Waals surface area contributed by atoms with Crippen LogP contribution in [0, 0.1) is 21.7 Å². The summed E-state index contributed by atoms with van der Waals surface area (Å²) in [4.78, 5) is 9.75. The minimum Gasteiger partial charge on any atom is -0.508 e. The van der Waals surface area contributed by atoms with Crippen LogP contribution in [0.2, 0.25) is 0 Å². The van der Waals surface area contributed by atoms with Gasteiger partial charge in [-0.3, -0.25) is 10.1 Å². The van der Waals surface area contributed by atoms with E-state index in [9.17, 15) is 24.0 Å². The van der Waals surface area contributed by atoms with Crippen LogP contribution in [0.4, 0.5) is 20.2 Å². The number of nitro benzene ring substituents is 1. The number of phenolic OH excluding ortho intramolecular Hbond substituents is 1. The van der Waals surface area contributed by atoms with Gasteiger partial charge in [0.25, 0.3) is 0 Å². The predicted octanol–water partition coefficient (Wildman–Crippen LogP) is 3.75. The Morgan fingerprint density at radius 3 is 2.57 bits per heavy atom. The zero-order chi connectivity index (χ0) is 15.6. The summed E-state index contributed by atoms with van der Waals surface area (Å²) in [6.07, 6.45) is 0. The van der Waals surface area contributed by atoms with E-state index < -0.39 is 28.3 Å². The number of benzene rings is 2. The third-order valence-corrected chi connectivity index (χ3v) is 2.98. The zero-order valence-electron chi connectivity index (χ0n) is 11.0. The number of nitro groups is 1. The fourth-order valence-corrected chi connectivity index (χ4v) is 1.90. The van der Waals surface area contributed by atoms with Crippen LogP contribution < -0.4 is 5.32 Å². The van der Waals surface area contributed by atoms with Gasteiger partial charge in [-0.15, -0.1) is 0 Å². The van der Waals surface area contributed by atoms with Crippen molar-refractivity contribution in [3.05, 3.63) is 63.7 Å². The van der Waals surface area contributed by atoms with Crippen molar-refractivity contribution in [3.63, 3.8) is 0 Å². The van der Waals surface area contributed by atoms with E-state index in [4.69, 9.17) is 0 Å². The number of halogens is 2. The second-order valence-corrected chi connectivity index (χ2v) is 4.50. The van der Waals surface area contributed by atoms with Gasteiger partial charge >= 0.3 is 5.69 Å². The summed E-state index contributed by atoms with van der Waals surface area (Å²) in [7, 11) is 0. The number of hydrogen-bond donors (Lipinski definition) is 2. The molecule has 5 nitrogen and oxygen atoms in total. The molecule has 2 aromatic carbocycles. The van der Waals surface area contributed by atoms with Gasteiger partial charge in [0.2, 0.25) is 5.82 Å². The number of rotatable bonds is 4. The van der Waals surface area contributed by atoms with Crippen LogP contribution in [0.3, 0.4) is 0 Å². The fraction of sp³-hybridized carbons (Fsp3) is 0.143. The first-order valence-electron chi connectivity index (χ1n) is 6.07. The van der Waals surface area contributed by atoms with Crippen LogP contribution in [-0.2, 0) is 0 Å². The zero-order valence-corrected chi connectivity index (χ0v) is 11.0. The van der Waals surface area contributed by atoms with Gasteiger partial charge in [0.15, 0.2) is 0 Å². The number of nitrogens with one attached hydrogen (secondary N) is 1. The van der Waals surface area contributed by atoms with E-state index in [0.29, 0.717) is 11.6 Å². The van der Waals surface area contributed by atoms with Crippen LogP contribution in [0.5, 0.6) is 5.75 Å². The lowest BCUT2D eigenvalue weighted by Crippen LogP contribution is -2.09. The summed E-state index contributed by atoms with van der Waals surface area (Å²) in [6.45, 7) is 1.68. The number of aromatic hydroxyl groups is 1. The monoisotopic (exact) mass is 294 g/mol. The summed E-state index contributed by atoms with van der Waals surface area (Å²) in [5.74, 6) is -2.11. The number of phenols is 1. The van der Waals surface area contributed by atoms with Crippen molar-refractivity contribution in [2.75, 3.05) is 5.32 Å². The molecule has 2 N–H and O–H groups in total. The minimum absolute atomic E-state index is 0.0479. The van der Waals surface area contributed by atoms with Gasteiger partial charge in [-0.1, -0.05) is 12.1 Å². The highest BCUT2D eigenvalue weighted by molar-refractivity contribution is 5.54. The van der Waals surface area contributed by atoms with E-state index in [1.807, 2.05) is 0 Å². The molecule has 7 heteroatoms. The highest BCUT2D eigenvalue weighted by Crippen LogP contribution is 2.28. The normalized spacial score (nSPS) is 12.0. The quantitative estimate of drug-likeness (QED) is 0.665. The van der Waals surface area contributed by atoms with E-state index in [0.717, 1.165) is 6.07 Å². The van der Waals surface area contributed by atoms with E-state index in [-0.39, 0.29) is 11.4 Å². The molecule has 21 heavy (non-hydrogen) atoms. The fourth-order valence-electron chi connectivity index (χ4n) is 1.90. The molecule has 0 aliphatic heterocycles. The molecule has 0 heterocycles. The highest BCUT2D eigenvalue weighted by Gasteiger charge is 2.19. The lowest BCUT2D eigenvalue weighted by atomic mass is 10.1. The molecule has 0 saturated carbocycles. The van der Waals surface area contributed by atoms with E-state index in [2.05, 4.69) is 5.32 Å². The Kier molecular flexibility index (Phi) is 4.02. The molecule has 1 atom stereocenters. The first-order chi connectivity index (χ1) is 9.88. The highest BCUT2D eigenvalue weighted by atomic mass is 19.1. The summed E-state index contributed by atoms with van der Waals surface area (Å²) in [5.41, 5.74) is -0.331. The summed E-state index contributed by atoms with van der Waals surface area (Å²) < 4.78 is 26.9. The van der Waals surface area contributed by atoms with Gasteiger partial charge in [0, 0.05) is 18.2 Å². The average Bonchev–Trinajstić information content (AvgIpc) is 2.41. The first-order valence-corrected chi connectivity index (χ1v) is 6.07.